The SMILES string of the molecule is [2H]c1c([2H])c([2H])c(-n2cc(C([2H])([2H])OC)ccc2=O)c([2H])c1[2H]. The maximum atomic E-state index is 12.1. The highest BCUT2D eigenvalue weighted by molar-refractivity contribution is 5.32. The van der Waals surface area contributed by atoms with E-state index in [9.17, 15) is 4.79 Å². The van der Waals surface area contributed by atoms with Crippen LogP contribution in [0.15, 0.2) is 53.3 Å². The van der Waals surface area contributed by atoms with Crippen LogP contribution in [0.2, 0.25) is 0 Å². The molecular weight excluding hydrogens is 202 g/mol. The Bertz CT molecular complexity index is 803. The Balaban J connectivity index is 2.83. The van der Waals surface area contributed by atoms with Crippen molar-refractivity contribution in [2.45, 2.75) is 6.56 Å². The van der Waals surface area contributed by atoms with E-state index in [0.717, 1.165) is 23.9 Å². The first kappa shape index (κ1) is 4.97. The van der Waals surface area contributed by atoms with Crippen molar-refractivity contribution in [3.63, 3.8) is 0 Å². The summed E-state index contributed by atoms with van der Waals surface area (Å²) >= 11 is 0. The molecule has 0 atom stereocenters. The second kappa shape index (κ2) is 4.77. The first-order chi connectivity index (χ1) is 10.6. The number of nitrogens with zero attached hydrogens (tertiary/aromatic N) is 1. The van der Waals surface area contributed by atoms with Crippen molar-refractivity contribution in [3.05, 3.63) is 64.5 Å². The highest BCUT2D eigenvalue weighted by Gasteiger charge is 2.00. The molecule has 0 N–H and O–H groups in total. The molecule has 0 radical (unpaired) electrons. The average molecular weight is 222 g/mol. The molecule has 0 fully saturated rings. The summed E-state index contributed by atoms with van der Waals surface area (Å²) in [5.74, 6) is 0. The van der Waals surface area contributed by atoms with E-state index in [1.54, 1.807) is 0 Å². The molecule has 2 aromatic rings. The van der Waals surface area contributed by atoms with E-state index in [1.807, 2.05) is 0 Å². The normalized spacial score (nSPS) is 17.4. The maximum absolute atomic E-state index is 12.1. The minimum absolute atomic E-state index is 0.0218. The molecule has 0 unspecified atom stereocenters. The Morgan fingerprint density at radius 3 is 2.81 bits per heavy atom. The Morgan fingerprint density at radius 2 is 2.12 bits per heavy atom. The smallest absolute Gasteiger partial charge is 0.255 e. The second-order valence-electron chi connectivity index (χ2n) is 2.91. The molecule has 16 heavy (non-hydrogen) atoms. The van der Waals surface area contributed by atoms with E-state index < -0.39 is 42.3 Å². The van der Waals surface area contributed by atoms with E-state index >= 15 is 0 Å². The average Bonchev–Trinajstić information content (AvgIpc) is 2.52. The van der Waals surface area contributed by atoms with Gasteiger partial charge in [-0.2, -0.15) is 0 Å². The van der Waals surface area contributed by atoms with Crippen molar-refractivity contribution in [1.29, 1.82) is 0 Å². The molecular formula is C13H13NO2. The number of pyridine rings is 1. The van der Waals surface area contributed by atoms with Crippen molar-refractivity contribution >= 4 is 0 Å². The fourth-order valence-corrected chi connectivity index (χ4v) is 1.20. The molecule has 0 saturated heterocycles. The summed E-state index contributed by atoms with van der Waals surface area (Å²) in [7, 11) is 1.15. The second-order valence-corrected chi connectivity index (χ2v) is 2.91. The van der Waals surface area contributed by atoms with E-state index in [-0.39, 0.29) is 11.3 Å². The molecule has 0 aliphatic rings. The van der Waals surface area contributed by atoms with Crippen molar-refractivity contribution in [3.8, 4) is 5.69 Å². The molecule has 0 aliphatic heterocycles. The van der Waals surface area contributed by atoms with Gasteiger partial charge in [0, 0.05) is 25.1 Å². The molecule has 3 heteroatoms. The van der Waals surface area contributed by atoms with Gasteiger partial charge in [-0.15, -0.1) is 0 Å². The standard InChI is InChI=1S/C13H13NO2/c1-16-10-11-7-8-13(15)14(9-11)12-5-3-2-4-6-12/h2-9H,10H2,1H3/i2D,3D,4D,5D,6D,10D2. The lowest BCUT2D eigenvalue weighted by Crippen LogP contribution is -2.17. The number of rotatable bonds is 3. The van der Waals surface area contributed by atoms with E-state index in [0.29, 0.717) is 0 Å². The van der Waals surface area contributed by atoms with E-state index in [1.165, 1.54) is 6.07 Å². The Kier molecular flexibility index (Phi) is 1.48. The van der Waals surface area contributed by atoms with Crippen LogP contribution in [0.5, 0.6) is 0 Å². The highest BCUT2D eigenvalue weighted by Crippen LogP contribution is 2.06. The zero-order valence-corrected chi connectivity index (χ0v) is 8.50. The van der Waals surface area contributed by atoms with Gasteiger partial charge in [-0.05, 0) is 23.7 Å². The maximum Gasteiger partial charge on any atom is 0.255 e. The van der Waals surface area contributed by atoms with Crippen molar-refractivity contribution in [1.82, 2.24) is 4.57 Å². The lowest BCUT2D eigenvalue weighted by Gasteiger charge is -2.07. The van der Waals surface area contributed by atoms with Crippen LogP contribution >= 0.6 is 0 Å². The first-order valence-electron chi connectivity index (χ1n) is 7.97. The van der Waals surface area contributed by atoms with Gasteiger partial charge in [0.05, 0.1) is 16.2 Å². The number of benzene rings is 1. The molecule has 0 spiro atoms. The zero-order chi connectivity index (χ0) is 17.5. The van der Waals surface area contributed by atoms with Crippen LogP contribution in [0, 0.1) is 0 Å². The summed E-state index contributed by atoms with van der Waals surface area (Å²) in [5, 5.41) is 0. The topological polar surface area (TPSA) is 31.2 Å². The van der Waals surface area contributed by atoms with E-state index in [4.69, 9.17) is 14.3 Å². The largest absolute Gasteiger partial charge is 0.380 e. The fourth-order valence-electron chi connectivity index (χ4n) is 1.20. The molecule has 1 aromatic heterocycles. The number of methoxy groups -OCH3 is 1. The van der Waals surface area contributed by atoms with Crippen molar-refractivity contribution in [2.75, 3.05) is 7.11 Å². The van der Waals surface area contributed by atoms with Gasteiger partial charge in [-0.25, -0.2) is 0 Å². The molecule has 82 valence electrons. The zero-order valence-electron chi connectivity index (χ0n) is 15.5. The Labute approximate surface area is 104 Å². The third-order valence-electron chi connectivity index (χ3n) is 1.86. The molecule has 0 saturated carbocycles. The minimum Gasteiger partial charge on any atom is -0.380 e. The predicted octanol–water partition coefficient (Wildman–Crippen LogP) is 1.98. The van der Waals surface area contributed by atoms with Crippen LogP contribution in [0.3, 0.4) is 0 Å². The predicted molar refractivity (Wildman–Crippen MR) is 62.8 cm³/mol. The number of ether oxygens (including phenoxy) is 1. The highest BCUT2D eigenvalue weighted by atomic mass is 16.5. The molecule has 0 bridgehead atoms. The number of hydrogen-bond acceptors (Lipinski definition) is 2. The summed E-state index contributed by atoms with van der Waals surface area (Å²) in [4.78, 5) is 12.1. The van der Waals surface area contributed by atoms with E-state index in [2.05, 4.69) is 0 Å². The Hall–Kier alpha value is -1.87. The van der Waals surface area contributed by atoms with Crippen LogP contribution in [0.4, 0.5) is 0 Å². The summed E-state index contributed by atoms with van der Waals surface area (Å²) in [6.45, 7) is -2.19. The molecule has 1 heterocycles. The molecule has 2 rings (SSSR count). The van der Waals surface area contributed by atoms with Gasteiger partial charge in [-0.3, -0.25) is 9.36 Å². The van der Waals surface area contributed by atoms with Crippen LogP contribution < -0.4 is 5.56 Å². The molecule has 1 aromatic carbocycles. The van der Waals surface area contributed by atoms with Crippen LogP contribution in [-0.4, -0.2) is 11.7 Å². The lowest BCUT2D eigenvalue weighted by molar-refractivity contribution is 0.184. The number of aromatic nitrogens is 1. The summed E-state index contributed by atoms with van der Waals surface area (Å²) in [6.07, 6.45) is 1.07. The van der Waals surface area contributed by atoms with Gasteiger partial charge in [0.15, 0.2) is 0 Å². The molecule has 3 nitrogen and oxygen atoms in total. The third kappa shape index (κ3) is 2.20. The van der Waals surface area contributed by atoms with Gasteiger partial charge >= 0.3 is 0 Å². The van der Waals surface area contributed by atoms with Gasteiger partial charge in [0.25, 0.3) is 5.56 Å². The van der Waals surface area contributed by atoms with Gasteiger partial charge < -0.3 is 4.74 Å². The Morgan fingerprint density at radius 1 is 1.38 bits per heavy atom. The van der Waals surface area contributed by atoms with Crippen molar-refractivity contribution in [2.24, 2.45) is 0 Å². The fraction of sp³-hybridized carbons (Fsp3) is 0.154. The number of para-hydroxylation sites is 1. The number of hydrogen-bond donors (Lipinski definition) is 0. The lowest BCUT2D eigenvalue weighted by atomic mass is 10.2. The molecule has 0 aliphatic carbocycles. The van der Waals surface area contributed by atoms with Crippen LogP contribution in [-0.2, 0) is 11.3 Å². The summed E-state index contributed by atoms with van der Waals surface area (Å²) in [5.41, 5.74) is -1.01. The van der Waals surface area contributed by atoms with Gasteiger partial charge in [0.1, 0.15) is 0 Å². The summed E-state index contributed by atoms with van der Waals surface area (Å²) in [6, 6.07) is -0.549. The summed E-state index contributed by atoms with van der Waals surface area (Å²) < 4.78 is 59.6. The molecule has 0 amide bonds. The first-order valence-corrected chi connectivity index (χ1v) is 4.47. The van der Waals surface area contributed by atoms with Gasteiger partial charge in [-0.1, -0.05) is 18.1 Å². The minimum atomic E-state index is -2.19. The monoisotopic (exact) mass is 222 g/mol. The van der Waals surface area contributed by atoms with Crippen LogP contribution in [0.1, 0.15) is 15.2 Å². The van der Waals surface area contributed by atoms with Crippen molar-refractivity contribution < 1.29 is 14.3 Å². The quantitative estimate of drug-likeness (QED) is 0.795. The van der Waals surface area contributed by atoms with Crippen LogP contribution in [0.25, 0.3) is 5.69 Å². The third-order valence-corrected chi connectivity index (χ3v) is 1.86. The van der Waals surface area contributed by atoms with Gasteiger partial charge in [0.2, 0.25) is 0 Å².